The Labute approximate surface area is 124 Å². The summed E-state index contributed by atoms with van der Waals surface area (Å²) in [5.74, 6) is 1.67. The Balaban J connectivity index is 1.39. The van der Waals surface area contributed by atoms with Crippen molar-refractivity contribution in [1.82, 2.24) is 4.90 Å². The van der Waals surface area contributed by atoms with Crippen molar-refractivity contribution in [3.05, 3.63) is 65.2 Å². The number of fused-ring (bicyclic) bond motifs is 2. The Bertz CT molecular complexity index is 668. The maximum absolute atomic E-state index is 5.39. The smallest absolute Gasteiger partial charge is 0.231 e. The zero-order chi connectivity index (χ0) is 14.1. The van der Waals surface area contributed by atoms with Crippen LogP contribution in [-0.2, 0) is 13.1 Å². The second-order valence-electron chi connectivity index (χ2n) is 5.45. The number of hydrogen-bond donors (Lipinski definition) is 0. The molecule has 0 saturated carbocycles. The maximum atomic E-state index is 5.39. The van der Waals surface area contributed by atoms with Crippen LogP contribution in [0.3, 0.4) is 0 Å². The van der Waals surface area contributed by atoms with E-state index in [4.69, 9.17) is 9.47 Å². The van der Waals surface area contributed by atoms with Crippen LogP contribution in [0.5, 0.6) is 11.5 Å². The fraction of sp³-hybridized carbons (Fsp3) is 0.222. The fourth-order valence-electron chi connectivity index (χ4n) is 2.89. The van der Waals surface area contributed by atoms with Crippen LogP contribution in [0.25, 0.3) is 6.08 Å². The SMILES string of the molecule is C(=C\c1ccc2c(c1)OCO2)/CN1Cc2ccccc2C1. The van der Waals surface area contributed by atoms with Gasteiger partial charge in [0, 0.05) is 19.6 Å². The third kappa shape index (κ3) is 2.52. The van der Waals surface area contributed by atoms with Gasteiger partial charge in [-0.2, -0.15) is 0 Å². The molecule has 0 spiro atoms. The van der Waals surface area contributed by atoms with Gasteiger partial charge in [0.2, 0.25) is 6.79 Å². The number of hydrogen-bond acceptors (Lipinski definition) is 3. The largest absolute Gasteiger partial charge is 0.454 e. The monoisotopic (exact) mass is 279 g/mol. The highest BCUT2D eigenvalue weighted by Gasteiger charge is 2.16. The first-order valence-electron chi connectivity index (χ1n) is 7.24. The molecule has 3 heteroatoms. The van der Waals surface area contributed by atoms with Gasteiger partial charge in [0.05, 0.1) is 0 Å². The standard InChI is InChI=1S/C18H17NO2/c1-2-6-16-12-19(11-15(16)5-1)9-3-4-14-7-8-17-18(10-14)21-13-20-17/h1-8,10H,9,11-13H2/b4-3+. The van der Waals surface area contributed by atoms with E-state index in [1.54, 1.807) is 0 Å². The van der Waals surface area contributed by atoms with E-state index in [1.165, 1.54) is 11.1 Å². The van der Waals surface area contributed by atoms with Crippen molar-refractivity contribution in [3.63, 3.8) is 0 Å². The van der Waals surface area contributed by atoms with Crippen LogP contribution in [0.1, 0.15) is 16.7 Å². The van der Waals surface area contributed by atoms with Crippen LogP contribution in [0.4, 0.5) is 0 Å². The Morgan fingerprint density at radius 2 is 1.71 bits per heavy atom. The molecule has 0 saturated heterocycles. The van der Waals surface area contributed by atoms with Gasteiger partial charge in [0.15, 0.2) is 11.5 Å². The summed E-state index contributed by atoms with van der Waals surface area (Å²) in [4.78, 5) is 2.44. The first-order chi connectivity index (χ1) is 10.4. The minimum atomic E-state index is 0.328. The lowest BCUT2D eigenvalue weighted by Gasteiger charge is -2.11. The van der Waals surface area contributed by atoms with Gasteiger partial charge >= 0.3 is 0 Å². The molecule has 0 atom stereocenters. The van der Waals surface area contributed by atoms with E-state index in [-0.39, 0.29) is 0 Å². The first kappa shape index (κ1) is 12.5. The van der Waals surface area contributed by atoms with Gasteiger partial charge in [-0.3, -0.25) is 4.90 Å². The molecule has 0 N–H and O–H groups in total. The van der Waals surface area contributed by atoms with E-state index in [1.807, 2.05) is 12.1 Å². The van der Waals surface area contributed by atoms with Crippen molar-refractivity contribution in [1.29, 1.82) is 0 Å². The van der Waals surface area contributed by atoms with Gasteiger partial charge in [-0.15, -0.1) is 0 Å². The summed E-state index contributed by atoms with van der Waals surface area (Å²) in [5, 5.41) is 0. The topological polar surface area (TPSA) is 21.7 Å². The average Bonchev–Trinajstić information content (AvgIpc) is 3.12. The summed E-state index contributed by atoms with van der Waals surface area (Å²) >= 11 is 0. The first-order valence-corrected chi connectivity index (χ1v) is 7.24. The minimum Gasteiger partial charge on any atom is -0.454 e. The van der Waals surface area contributed by atoms with Gasteiger partial charge in [0.25, 0.3) is 0 Å². The molecule has 0 aliphatic carbocycles. The molecule has 0 radical (unpaired) electrons. The molecule has 2 aliphatic heterocycles. The summed E-state index contributed by atoms with van der Waals surface area (Å²) in [6.45, 7) is 3.38. The molecule has 2 heterocycles. The quantitative estimate of drug-likeness (QED) is 0.859. The van der Waals surface area contributed by atoms with Crippen LogP contribution in [0.2, 0.25) is 0 Å². The van der Waals surface area contributed by atoms with Gasteiger partial charge in [-0.1, -0.05) is 42.5 Å². The molecular formula is C18H17NO2. The van der Waals surface area contributed by atoms with Crippen LogP contribution in [0, 0.1) is 0 Å². The minimum absolute atomic E-state index is 0.328. The van der Waals surface area contributed by atoms with Gasteiger partial charge in [0.1, 0.15) is 0 Å². The summed E-state index contributed by atoms with van der Waals surface area (Å²) in [7, 11) is 0. The molecule has 0 amide bonds. The Morgan fingerprint density at radius 3 is 2.52 bits per heavy atom. The number of ether oxygens (including phenoxy) is 2. The molecule has 4 rings (SSSR count). The summed E-state index contributed by atoms with van der Waals surface area (Å²) < 4.78 is 10.7. The van der Waals surface area contributed by atoms with E-state index in [0.717, 1.165) is 36.7 Å². The number of rotatable bonds is 3. The van der Waals surface area contributed by atoms with Gasteiger partial charge < -0.3 is 9.47 Å². The highest BCUT2D eigenvalue weighted by Crippen LogP contribution is 2.32. The van der Waals surface area contributed by atoms with Crippen molar-refractivity contribution in [3.8, 4) is 11.5 Å². The Kier molecular flexibility index (Phi) is 3.13. The molecule has 2 aliphatic rings. The lowest BCUT2D eigenvalue weighted by atomic mass is 10.1. The second kappa shape index (κ2) is 5.26. The van der Waals surface area contributed by atoms with Crippen molar-refractivity contribution in [2.45, 2.75) is 13.1 Å². The number of nitrogens with zero attached hydrogens (tertiary/aromatic N) is 1. The van der Waals surface area contributed by atoms with Crippen LogP contribution in [0.15, 0.2) is 48.5 Å². The van der Waals surface area contributed by atoms with Crippen molar-refractivity contribution in [2.24, 2.45) is 0 Å². The summed E-state index contributed by atoms with van der Waals surface area (Å²) in [6.07, 6.45) is 4.36. The second-order valence-corrected chi connectivity index (χ2v) is 5.45. The summed E-state index contributed by atoms with van der Waals surface area (Å²) in [5.41, 5.74) is 4.05. The molecule has 2 aromatic carbocycles. The predicted molar refractivity (Wildman–Crippen MR) is 82.2 cm³/mol. The highest BCUT2D eigenvalue weighted by atomic mass is 16.7. The predicted octanol–water partition coefficient (Wildman–Crippen LogP) is 3.44. The van der Waals surface area contributed by atoms with Gasteiger partial charge in [-0.05, 0) is 28.8 Å². The fourth-order valence-corrected chi connectivity index (χ4v) is 2.89. The van der Waals surface area contributed by atoms with Crippen LogP contribution >= 0.6 is 0 Å². The van der Waals surface area contributed by atoms with Crippen LogP contribution < -0.4 is 9.47 Å². The molecule has 2 aromatic rings. The van der Waals surface area contributed by atoms with Crippen molar-refractivity contribution < 1.29 is 9.47 Å². The third-order valence-corrected chi connectivity index (χ3v) is 3.98. The Morgan fingerprint density at radius 1 is 0.952 bits per heavy atom. The molecule has 0 bridgehead atoms. The lowest BCUT2D eigenvalue weighted by Crippen LogP contribution is -2.15. The lowest BCUT2D eigenvalue weighted by molar-refractivity contribution is 0.174. The number of benzene rings is 2. The zero-order valence-corrected chi connectivity index (χ0v) is 11.8. The molecular weight excluding hydrogens is 262 g/mol. The highest BCUT2D eigenvalue weighted by molar-refractivity contribution is 5.56. The van der Waals surface area contributed by atoms with Crippen LogP contribution in [-0.4, -0.2) is 18.2 Å². The van der Waals surface area contributed by atoms with E-state index in [0.29, 0.717) is 6.79 Å². The normalized spacial score (nSPS) is 16.6. The zero-order valence-electron chi connectivity index (χ0n) is 11.8. The Hall–Kier alpha value is -2.26. The van der Waals surface area contributed by atoms with Crippen molar-refractivity contribution >= 4 is 6.08 Å². The summed E-state index contributed by atoms with van der Waals surface area (Å²) in [6, 6.07) is 14.7. The van der Waals surface area contributed by atoms with E-state index in [2.05, 4.69) is 47.4 Å². The maximum Gasteiger partial charge on any atom is 0.231 e. The van der Waals surface area contributed by atoms with Crippen molar-refractivity contribution in [2.75, 3.05) is 13.3 Å². The molecule has 106 valence electrons. The van der Waals surface area contributed by atoms with E-state index >= 15 is 0 Å². The molecule has 0 aromatic heterocycles. The third-order valence-electron chi connectivity index (χ3n) is 3.98. The molecule has 21 heavy (non-hydrogen) atoms. The molecule has 0 fully saturated rings. The van der Waals surface area contributed by atoms with E-state index in [9.17, 15) is 0 Å². The van der Waals surface area contributed by atoms with E-state index < -0.39 is 0 Å². The molecule has 0 unspecified atom stereocenters. The molecule has 3 nitrogen and oxygen atoms in total. The average molecular weight is 279 g/mol. The van der Waals surface area contributed by atoms with Gasteiger partial charge in [-0.25, -0.2) is 0 Å².